The summed E-state index contributed by atoms with van der Waals surface area (Å²) in [7, 11) is 9.39. The molecule has 8 fully saturated rings. The Hall–Kier alpha value is -2.99. The van der Waals surface area contributed by atoms with Gasteiger partial charge < -0.3 is 43.7 Å². The van der Waals surface area contributed by atoms with Crippen molar-refractivity contribution in [1.29, 1.82) is 0 Å². The molecule has 0 spiro atoms. The van der Waals surface area contributed by atoms with Crippen LogP contribution in [0.3, 0.4) is 0 Å². The first kappa shape index (κ1) is 115. The molecule has 0 bridgehead atoms. The average Bonchev–Trinajstić information content (AvgIpc) is 0.748. The maximum absolute atomic E-state index is 10.2. The van der Waals surface area contributed by atoms with Gasteiger partial charge in [-0.25, -0.2) is 0 Å². The van der Waals surface area contributed by atoms with Crippen LogP contribution >= 0.6 is 55.5 Å². The van der Waals surface area contributed by atoms with Gasteiger partial charge in [0.1, 0.15) is 34.5 Å². The van der Waals surface area contributed by atoms with Gasteiger partial charge in [0.2, 0.25) is 0 Å². The zero-order valence-electron chi connectivity index (χ0n) is 87.5. The highest BCUT2D eigenvalue weighted by Gasteiger charge is 2.41. The van der Waals surface area contributed by atoms with Gasteiger partial charge in [-0.05, 0) is 293 Å². The first-order chi connectivity index (χ1) is 67.1. The maximum Gasteiger partial charge on any atom is 0.130 e. The van der Waals surface area contributed by atoms with Crippen molar-refractivity contribution in [3.63, 3.8) is 0 Å². The van der Waals surface area contributed by atoms with Gasteiger partial charge in [-0.1, -0.05) is 382 Å². The largest absolute Gasteiger partial charge is 0.497 e. The molecule has 0 unspecified atom stereocenters. The number of benzene rings is 6. The lowest BCUT2D eigenvalue weighted by Gasteiger charge is -2.45. The molecule has 8 saturated carbocycles. The summed E-state index contributed by atoms with van der Waals surface area (Å²) in [5, 5.41) is 35.9. The zero-order chi connectivity index (χ0) is 95.8. The van der Waals surface area contributed by atoms with Crippen LogP contribution in [0.2, 0.25) is 0 Å². The highest BCUT2D eigenvalue weighted by Crippen LogP contribution is 2.68. The van der Waals surface area contributed by atoms with Crippen LogP contribution in [0.25, 0.3) is 0 Å². The topological polar surface area (TPSA) is 116 Å². The number of methoxy groups -OCH3 is 6. The third-order valence-electron chi connectivity index (χ3n) is 31.8. The average molecular weight is 2000 g/mol. The Balaban J connectivity index is 0.000000176. The Kier molecular flexibility index (Phi) is 58.4. The summed E-state index contributed by atoms with van der Waals surface area (Å²) in [6.45, 7) is 6.67. The third-order valence-corrected chi connectivity index (χ3v) is 56.0. The van der Waals surface area contributed by atoms with Crippen molar-refractivity contribution in [3.05, 3.63) is 144 Å². The zero-order valence-corrected chi connectivity index (χ0v) is 93.8. The summed E-state index contributed by atoms with van der Waals surface area (Å²) in [4.78, 5) is 0. The van der Waals surface area contributed by atoms with Gasteiger partial charge in [0.15, 0.2) is 0 Å². The second-order valence-electron chi connectivity index (χ2n) is 41.3. The Bertz CT molecular complexity index is 3510. The quantitative estimate of drug-likeness (QED) is 0.0254. The smallest absolute Gasteiger partial charge is 0.130 e. The van der Waals surface area contributed by atoms with Gasteiger partial charge in [-0.2, -0.15) is 0 Å². The summed E-state index contributed by atoms with van der Waals surface area (Å²) in [5.41, 5.74) is 11.8. The molecule has 3 N–H and O–H groups in total. The number of unbranched alkanes of at least 4 members (excludes halogenated alkanes) is 15. The van der Waals surface area contributed by atoms with Crippen molar-refractivity contribution in [2.45, 2.75) is 458 Å². The predicted molar refractivity (Wildman–Crippen MR) is 606 cm³/mol. The van der Waals surface area contributed by atoms with Gasteiger partial charge >= 0.3 is 0 Å². The number of hydrogen-bond acceptors (Lipinski definition) is 9. The number of aliphatic hydroxyl groups is 3. The summed E-state index contributed by atoms with van der Waals surface area (Å²) in [5.74, 6) is 6.01. The molecule has 6 aromatic carbocycles. The van der Waals surface area contributed by atoms with E-state index in [0.717, 1.165) is 33.0 Å². The minimum absolute atomic E-state index is 0.0588. The summed E-state index contributed by atoms with van der Waals surface area (Å²) in [6, 6.07) is 41.4. The van der Waals surface area contributed by atoms with Crippen LogP contribution in [0, 0.1) is 0 Å². The summed E-state index contributed by atoms with van der Waals surface area (Å²) >= 11 is 0. The van der Waals surface area contributed by atoms with Crippen LogP contribution in [0.15, 0.2) is 127 Å². The number of rotatable bonds is 49. The lowest BCUT2D eigenvalue weighted by Crippen LogP contribution is -2.29. The van der Waals surface area contributed by atoms with Crippen molar-refractivity contribution in [3.8, 4) is 34.5 Å². The van der Waals surface area contributed by atoms with Crippen molar-refractivity contribution in [1.82, 2.24) is 0 Å². The van der Waals surface area contributed by atoms with Crippen molar-refractivity contribution >= 4 is 87.3 Å². The van der Waals surface area contributed by atoms with Gasteiger partial charge in [0, 0.05) is 18.5 Å². The van der Waals surface area contributed by atoms with Crippen LogP contribution in [-0.4, -0.2) is 140 Å². The monoisotopic (exact) mass is 2000 g/mol. The Morgan fingerprint density at radius 1 is 0.235 bits per heavy atom. The lowest BCUT2D eigenvalue weighted by molar-refractivity contribution is 0.281. The number of aliphatic hydroxyl groups excluding tert-OH is 3. The van der Waals surface area contributed by atoms with Crippen LogP contribution < -0.4 is 60.2 Å². The summed E-state index contributed by atoms with van der Waals surface area (Å²) < 4.78 is 33.5. The van der Waals surface area contributed by atoms with E-state index in [1.165, 1.54) is 177 Å². The highest BCUT2D eigenvalue weighted by molar-refractivity contribution is 7.81. The van der Waals surface area contributed by atoms with E-state index in [1.807, 2.05) is 91.0 Å². The second kappa shape index (κ2) is 69.2. The molecule has 0 radical (unpaired) electrons. The molecule has 8 aliphatic carbocycles. The molecular formula is C120H193O9P7. The molecule has 9 nitrogen and oxygen atoms in total. The van der Waals surface area contributed by atoms with Gasteiger partial charge in [-0.15, -0.1) is 7.92 Å². The van der Waals surface area contributed by atoms with E-state index < -0.39 is 15.8 Å². The van der Waals surface area contributed by atoms with Crippen molar-refractivity contribution in [2.24, 2.45) is 0 Å². The second-order valence-corrected chi connectivity index (χ2v) is 60.2. The highest BCUT2D eigenvalue weighted by atomic mass is 31.2. The third kappa shape index (κ3) is 38.4. The molecule has 0 saturated heterocycles. The molecule has 14 rings (SSSR count). The lowest BCUT2D eigenvalue weighted by atomic mass is 9.99. The standard InChI is InChI=1S/C26H48P2.C25H46P2.C24H27O6P.C24H51P.C21H21O3P/c1-5-13-23(14-6-1)27(24-15-7-2-8-16-24)21-22-28(25-17-9-3-10-18-25)26-19-11-4-12-20-26;1-5-13-22(14-6-1)26(23-15-7-2-8-16-23)21-27(24-17-9-3-10-18-24)25-19-11-4-12-20-25;1-27-18-10-5-8-16(14-25)22(18)31(23-17(15-26)9-6-11-19(23)28-2)24-20(29-3)12-7-13-21(24)30-4;1-4-7-10-13-16-19-22-25(23-20-17-14-11-8-5-2)24-21-18-15-12-9-6-3;1-23-17-5-11-20(12-6-17)25(19-9-3-16(15-22)4-10-19)21-13-7-18(24-2)8-14-21/h23-26H,1-22H2;22-25H,1-21H2;5-13,25-26H,14-15H2,1-4H3;4-24H2,1-3H3;3-14,22H,15H2,1-2H3. The van der Waals surface area contributed by atoms with Crippen LogP contribution in [-0.2, 0) is 19.8 Å². The molecule has 8 aliphatic rings. The Morgan fingerprint density at radius 2 is 0.478 bits per heavy atom. The molecular weight excluding hydrogens is 1800 g/mol. The Morgan fingerprint density at radius 3 is 0.728 bits per heavy atom. The minimum Gasteiger partial charge on any atom is -0.497 e. The first-order valence-corrected chi connectivity index (χ1v) is 67.4. The Labute approximate surface area is 841 Å². The van der Waals surface area contributed by atoms with Gasteiger partial charge in [-0.3, -0.25) is 0 Å². The molecule has 0 aromatic heterocycles. The minimum atomic E-state index is -1.43. The van der Waals surface area contributed by atoms with Crippen LogP contribution in [0.4, 0.5) is 0 Å². The fraction of sp³-hybridized carbons (Fsp3) is 0.700. The van der Waals surface area contributed by atoms with Crippen molar-refractivity contribution in [2.75, 3.05) is 79.4 Å². The van der Waals surface area contributed by atoms with E-state index in [1.54, 1.807) is 336 Å². The van der Waals surface area contributed by atoms with Gasteiger partial charge in [0.25, 0.3) is 0 Å². The van der Waals surface area contributed by atoms with Crippen LogP contribution in [0.5, 0.6) is 34.5 Å². The van der Waals surface area contributed by atoms with Crippen molar-refractivity contribution < 1.29 is 43.7 Å². The SMILES string of the molecule is C1CCC(P(CCP(C2CCCCC2)C2CCCCC2)C2CCCCC2)CC1.C1CCC(P(CP(C2CCCCC2)C2CCCCC2)C2CCCCC2)CC1.CCCCCCCCP(CCCCCCCC)CCCCCCCC.COc1ccc(P(c2ccc(CO)cc2)c2ccc(OC)cc2)cc1.COc1cccc(CO)c1P(c1c(CO)cccc1OC)c1c(OC)cccc1OC. The van der Waals surface area contributed by atoms with Gasteiger partial charge in [0.05, 0.1) is 67.8 Å². The fourth-order valence-corrected chi connectivity index (χ4v) is 51.2. The number of ether oxygens (including phenoxy) is 6. The molecule has 16 heteroatoms. The molecule has 0 amide bonds. The molecule has 0 atom stereocenters. The van der Waals surface area contributed by atoms with E-state index in [2.05, 4.69) is 57.2 Å². The number of hydrogen-bond donors (Lipinski definition) is 3. The fourth-order valence-electron chi connectivity index (χ4n) is 24.1. The normalized spacial score (nSPS) is 17.8. The first-order valence-electron chi connectivity index (χ1n) is 56.2. The molecule has 0 heterocycles. The molecule has 6 aromatic rings. The summed E-state index contributed by atoms with van der Waals surface area (Å²) in [6.07, 6.45) is 98.1. The van der Waals surface area contributed by atoms with E-state index in [-0.39, 0.29) is 19.8 Å². The maximum atomic E-state index is 10.2. The molecule has 0 aliphatic heterocycles. The van der Waals surface area contributed by atoms with E-state index in [0.29, 0.717) is 73.7 Å². The van der Waals surface area contributed by atoms with E-state index in [9.17, 15) is 15.3 Å². The van der Waals surface area contributed by atoms with E-state index in [4.69, 9.17) is 28.4 Å². The molecule has 762 valence electrons. The molecule has 136 heavy (non-hydrogen) atoms. The van der Waals surface area contributed by atoms with Crippen LogP contribution in [0.1, 0.15) is 410 Å². The predicted octanol–water partition coefficient (Wildman–Crippen LogP) is 33.5. The van der Waals surface area contributed by atoms with E-state index >= 15 is 0 Å².